The summed E-state index contributed by atoms with van der Waals surface area (Å²) in [5.74, 6) is 1.38. The number of hydrogen-bond donors (Lipinski definition) is 1. The van der Waals surface area contributed by atoms with Crippen molar-refractivity contribution in [2.75, 3.05) is 5.73 Å². The zero-order chi connectivity index (χ0) is 14.9. The molecular formula is C19H17N3. The third-order valence-corrected chi connectivity index (χ3v) is 4.22. The second-order valence-corrected chi connectivity index (χ2v) is 5.65. The van der Waals surface area contributed by atoms with Gasteiger partial charge in [-0.05, 0) is 30.4 Å². The molecule has 0 amide bonds. The van der Waals surface area contributed by atoms with Crippen LogP contribution in [0.4, 0.5) is 5.82 Å². The van der Waals surface area contributed by atoms with Crippen LogP contribution in [0.2, 0.25) is 0 Å². The monoisotopic (exact) mass is 287 g/mol. The van der Waals surface area contributed by atoms with Gasteiger partial charge in [0.2, 0.25) is 0 Å². The minimum Gasteiger partial charge on any atom is -0.383 e. The molecule has 22 heavy (non-hydrogen) atoms. The molecule has 3 nitrogen and oxygen atoms in total. The highest BCUT2D eigenvalue weighted by atomic mass is 15.0. The van der Waals surface area contributed by atoms with E-state index in [1.165, 1.54) is 11.1 Å². The molecule has 0 saturated carbocycles. The van der Waals surface area contributed by atoms with E-state index in [4.69, 9.17) is 10.7 Å². The highest BCUT2D eigenvalue weighted by Crippen LogP contribution is 2.28. The molecule has 3 aromatic rings. The van der Waals surface area contributed by atoms with Crippen molar-refractivity contribution >= 4 is 5.82 Å². The molecule has 1 aromatic heterocycles. The van der Waals surface area contributed by atoms with E-state index in [0.29, 0.717) is 5.82 Å². The lowest BCUT2D eigenvalue weighted by Gasteiger charge is -2.08. The third-order valence-electron chi connectivity index (χ3n) is 4.22. The molecule has 2 N–H and O–H groups in total. The zero-order valence-electron chi connectivity index (χ0n) is 12.3. The van der Waals surface area contributed by atoms with Gasteiger partial charge in [-0.2, -0.15) is 0 Å². The molecule has 2 aromatic carbocycles. The fourth-order valence-electron chi connectivity index (χ4n) is 3.03. The van der Waals surface area contributed by atoms with Gasteiger partial charge in [-0.1, -0.05) is 54.6 Å². The Morgan fingerprint density at radius 1 is 0.727 bits per heavy atom. The maximum atomic E-state index is 6.08. The molecule has 1 aliphatic carbocycles. The molecule has 0 radical (unpaired) electrons. The Morgan fingerprint density at radius 2 is 1.41 bits per heavy atom. The van der Waals surface area contributed by atoms with E-state index in [-0.39, 0.29) is 0 Å². The number of fused-ring (bicyclic) bond motifs is 1. The standard InChI is InChI=1S/C19H17N3/c20-18-16-7-4-8-17(16)21-19(22-18)15-11-9-14(10-12-15)13-5-2-1-3-6-13/h1-3,5-6,9-12H,4,7-8H2,(H2,20,21,22). The molecule has 0 spiro atoms. The van der Waals surface area contributed by atoms with E-state index in [0.717, 1.165) is 41.9 Å². The number of nitrogens with two attached hydrogens (primary N) is 1. The van der Waals surface area contributed by atoms with Gasteiger partial charge in [-0.25, -0.2) is 9.97 Å². The number of nitrogens with zero attached hydrogens (tertiary/aromatic N) is 2. The smallest absolute Gasteiger partial charge is 0.161 e. The van der Waals surface area contributed by atoms with Crippen LogP contribution in [0.15, 0.2) is 54.6 Å². The van der Waals surface area contributed by atoms with Gasteiger partial charge in [0.05, 0.1) is 0 Å². The Morgan fingerprint density at radius 3 is 2.18 bits per heavy atom. The normalized spacial score (nSPS) is 13.1. The van der Waals surface area contributed by atoms with Gasteiger partial charge >= 0.3 is 0 Å². The summed E-state index contributed by atoms with van der Waals surface area (Å²) in [6.07, 6.45) is 3.15. The van der Waals surface area contributed by atoms with E-state index in [1.807, 2.05) is 18.2 Å². The van der Waals surface area contributed by atoms with Crippen LogP contribution >= 0.6 is 0 Å². The van der Waals surface area contributed by atoms with Gasteiger partial charge in [0.15, 0.2) is 5.82 Å². The van der Waals surface area contributed by atoms with Crippen LogP contribution in [0.1, 0.15) is 17.7 Å². The van der Waals surface area contributed by atoms with Crippen molar-refractivity contribution in [2.45, 2.75) is 19.3 Å². The molecule has 0 fully saturated rings. The summed E-state index contributed by atoms with van der Waals surface area (Å²) < 4.78 is 0. The maximum absolute atomic E-state index is 6.08. The largest absolute Gasteiger partial charge is 0.383 e. The van der Waals surface area contributed by atoms with Crippen molar-refractivity contribution in [3.63, 3.8) is 0 Å². The molecule has 1 heterocycles. The summed E-state index contributed by atoms with van der Waals surface area (Å²) >= 11 is 0. The lowest BCUT2D eigenvalue weighted by atomic mass is 10.0. The molecule has 3 heteroatoms. The molecule has 0 unspecified atom stereocenters. The summed E-state index contributed by atoms with van der Waals surface area (Å²) in [4.78, 5) is 9.18. The van der Waals surface area contributed by atoms with Crippen LogP contribution in [0, 0.1) is 0 Å². The Bertz CT molecular complexity index is 808. The van der Waals surface area contributed by atoms with Crippen molar-refractivity contribution in [1.82, 2.24) is 9.97 Å². The topological polar surface area (TPSA) is 51.8 Å². The number of nitrogen functional groups attached to an aromatic ring is 1. The van der Waals surface area contributed by atoms with E-state index >= 15 is 0 Å². The summed E-state index contributed by atoms with van der Waals surface area (Å²) in [5.41, 5.74) is 11.8. The molecule has 0 saturated heterocycles. The van der Waals surface area contributed by atoms with Crippen molar-refractivity contribution in [3.05, 3.63) is 65.9 Å². The maximum Gasteiger partial charge on any atom is 0.161 e. The SMILES string of the molecule is Nc1nc(-c2ccc(-c3ccccc3)cc2)nc2c1CCC2. The van der Waals surface area contributed by atoms with Gasteiger partial charge in [0.1, 0.15) is 5.82 Å². The predicted octanol–water partition coefficient (Wildman–Crippen LogP) is 3.88. The number of hydrogen-bond acceptors (Lipinski definition) is 3. The molecule has 0 atom stereocenters. The van der Waals surface area contributed by atoms with E-state index in [9.17, 15) is 0 Å². The van der Waals surface area contributed by atoms with Gasteiger partial charge in [-0.3, -0.25) is 0 Å². The molecule has 108 valence electrons. The van der Waals surface area contributed by atoms with Crippen LogP contribution in [-0.4, -0.2) is 9.97 Å². The average molecular weight is 287 g/mol. The van der Waals surface area contributed by atoms with Crippen LogP contribution < -0.4 is 5.73 Å². The summed E-state index contributed by atoms with van der Waals surface area (Å²) in [6.45, 7) is 0. The first kappa shape index (κ1) is 13.0. The Kier molecular flexibility index (Phi) is 3.11. The molecule has 0 aliphatic heterocycles. The first-order valence-electron chi connectivity index (χ1n) is 7.62. The Balaban J connectivity index is 1.71. The minimum atomic E-state index is 0.643. The van der Waals surface area contributed by atoms with Crippen molar-refractivity contribution in [3.8, 4) is 22.5 Å². The Hall–Kier alpha value is -2.68. The van der Waals surface area contributed by atoms with Crippen molar-refractivity contribution in [1.29, 1.82) is 0 Å². The third kappa shape index (κ3) is 2.25. The van der Waals surface area contributed by atoms with Gasteiger partial charge in [0, 0.05) is 16.8 Å². The van der Waals surface area contributed by atoms with Crippen LogP contribution in [-0.2, 0) is 12.8 Å². The summed E-state index contributed by atoms with van der Waals surface area (Å²) in [6, 6.07) is 18.7. The van der Waals surface area contributed by atoms with Crippen LogP contribution in [0.25, 0.3) is 22.5 Å². The van der Waals surface area contributed by atoms with Crippen LogP contribution in [0.5, 0.6) is 0 Å². The number of anilines is 1. The quantitative estimate of drug-likeness (QED) is 0.778. The highest BCUT2D eigenvalue weighted by molar-refractivity contribution is 5.68. The van der Waals surface area contributed by atoms with Gasteiger partial charge in [-0.15, -0.1) is 0 Å². The van der Waals surface area contributed by atoms with Crippen molar-refractivity contribution in [2.24, 2.45) is 0 Å². The fraction of sp³-hybridized carbons (Fsp3) is 0.158. The predicted molar refractivity (Wildman–Crippen MR) is 89.3 cm³/mol. The average Bonchev–Trinajstić information content (AvgIpc) is 3.05. The Labute approximate surface area is 129 Å². The summed E-state index contributed by atoms with van der Waals surface area (Å²) in [5, 5.41) is 0. The van der Waals surface area contributed by atoms with E-state index < -0.39 is 0 Å². The second-order valence-electron chi connectivity index (χ2n) is 5.65. The second kappa shape index (κ2) is 5.26. The number of aromatic nitrogens is 2. The van der Waals surface area contributed by atoms with E-state index in [1.54, 1.807) is 0 Å². The van der Waals surface area contributed by atoms with Gasteiger partial charge < -0.3 is 5.73 Å². The molecular weight excluding hydrogens is 270 g/mol. The number of benzene rings is 2. The molecule has 0 bridgehead atoms. The highest BCUT2D eigenvalue weighted by Gasteiger charge is 2.18. The first-order valence-corrected chi connectivity index (χ1v) is 7.62. The number of rotatable bonds is 2. The molecule has 1 aliphatic rings. The minimum absolute atomic E-state index is 0.643. The van der Waals surface area contributed by atoms with Crippen molar-refractivity contribution < 1.29 is 0 Å². The zero-order valence-corrected chi connectivity index (χ0v) is 12.3. The summed E-state index contributed by atoms with van der Waals surface area (Å²) in [7, 11) is 0. The lowest BCUT2D eigenvalue weighted by molar-refractivity contribution is 0.900. The van der Waals surface area contributed by atoms with E-state index in [2.05, 4.69) is 41.4 Å². The van der Waals surface area contributed by atoms with Gasteiger partial charge in [0.25, 0.3) is 0 Å². The first-order chi connectivity index (χ1) is 10.8. The van der Waals surface area contributed by atoms with Crippen LogP contribution in [0.3, 0.4) is 0 Å². The molecule has 4 rings (SSSR count). The fourth-order valence-corrected chi connectivity index (χ4v) is 3.03. The number of aryl methyl sites for hydroxylation is 1. The lowest BCUT2D eigenvalue weighted by Crippen LogP contribution is -2.02.